The van der Waals surface area contributed by atoms with Crippen molar-refractivity contribution in [2.24, 2.45) is 0 Å². The lowest BCUT2D eigenvalue weighted by Gasteiger charge is -2.09. The molecule has 0 aliphatic heterocycles. The van der Waals surface area contributed by atoms with Crippen LogP contribution in [0.5, 0.6) is 0 Å². The molecule has 3 N–H and O–H groups in total. The minimum absolute atomic E-state index is 0.216. The lowest BCUT2D eigenvalue weighted by molar-refractivity contribution is 0.0594. The zero-order valence-electron chi connectivity index (χ0n) is 7.62. The summed E-state index contributed by atoms with van der Waals surface area (Å²) in [6.45, 7) is 2.18. The number of methoxy groups -OCH3 is 1. The smallest absolute Gasteiger partial charge is 0.0785 e. The molecule has 0 saturated carbocycles. The van der Waals surface area contributed by atoms with Gasteiger partial charge in [-0.25, -0.2) is 0 Å². The minimum Gasteiger partial charge on any atom is -0.396 e. The molecule has 0 aromatic heterocycles. The van der Waals surface area contributed by atoms with Crippen LogP contribution in [0.1, 0.15) is 12.8 Å². The van der Waals surface area contributed by atoms with Gasteiger partial charge in [-0.2, -0.15) is 0 Å². The highest BCUT2D eigenvalue weighted by molar-refractivity contribution is 4.56. The van der Waals surface area contributed by atoms with E-state index in [1.807, 2.05) is 0 Å². The average Bonchev–Trinajstić information content (AvgIpc) is 2.05. The van der Waals surface area contributed by atoms with E-state index in [1.165, 1.54) is 0 Å². The second-order valence-electron chi connectivity index (χ2n) is 2.73. The van der Waals surface area contributed by atoms with Crippen LogP contribution >= 0.6 is 0 Å². The first-order valence-corrected chi connectivity index (χ1v) is 4.29. The van der Waals surface area contributed by atoms with E-state index in [-0.39, 0.29) is 12.7 Å². The van der Waals surface area contributed by atoms with Gasteiger partial charge in [0, 0.05) is 13.7 Å². The second kappa shape index (κ2) is 8.93. The number of rotatable bonds is 8. The molecule has 0 aliphatic carbocycles. The van der Waals surface area contributed by atoms with Crippen molar-refractivity contribution in [2.75, 3.05) is 33.4 Å². The average molecular weight is 177 g/mol. The Balaban J connectivity index is 2.97. The molecule has 0 bridgehead atoms. The van der Waals surface area contributed by atoms with E-state index in [0.29, 0.717) is 13.0 Å². The third-order valence-electron chi connectivity index (χ3n) is 1.53. The van der Waals surface area contributed by atoms with Crippen LogP contribution in [0.25, 0.3) is 0 Å². The highest BCUT2D eigenvalue weighted by atomic mass is 16.5. The summed E-state index contributed by atoms with van der Waals surface area (Å²) in [5.41, 5.74) is 0. The molecule has 0 amide bonds. The van der Waals surface area contributed by atoms with Gasteiger partial charge >= 0.3 is 0 Å². The van der Waals surface area contributed by atoms with Crippen LogP contribution in [0.2, 0.25) is 0 Å². The van der Waals surface area contributed by atoms with E-state index in [9.17, 15) is 5.11 Å². The number of aliphatic hydroxyl groups excluding tert-OH is 2. The number of hydrogen-bond donors (Lipinski definition) is 3. The third kappa shape index (κ3) is 7.94. The molecule has 0 heterocycles. The van der Waals surface area contributed by atoms with E-state index in [1.54, 1.807) is 7.11 Å². The highest BCUT2D eigenvalue weighted by Gasteiger charge is 2.01. The van der Waals surface area contributed by atoms with Gasteiger partial charge < -0.3 is 20.3 Å². The summed E-state index contributed by atoms with van der Waals surface area (Å²) in [6, 6.07) is 0. The van der Waals surface area contributed by atoms with Crippen LogP contribution < -0.4 is 5.32 Å². The van der Waals surface area contributed by atoms with E-state index in [2.05, 4.69) is 5.32 Å². The molecule has 1 unspecified atom stereocenters. The maximum absolute atomic E-state index is 9.19. The summed E-state index contributed by atoms with van der Waals surface area (Å²) in [7, 11) is 1.57. The second-order valence-corrected chi connectivity index (χ2v) is 2.73. The summed E-state index contributed by atoms with van der Waals surface area (Å²) in [5, 5.41) is 20.7. The quantitative estimate of drug-likeness (QED) is 0.431. The fraction of sp³-hybridized carbons (Fsp3) is 1.00. The van der Waals surface area contributed by atoms with Crippen molar-refractivity contribution < 1.29 is 14.9 Å². The fourth-order valence-electron chi connectivity index (χ4n) is 0.873. The highest BCUT2D eigenvalue weighted by Crippen LogP contribution is 1.89. The Kier molecular flexibility index (Phi) is 8.81. The maximum Gasteiger partial charge on any atom is 0.0785 e. The summed E-state index contributed by atoms with van der Waals surface area (Å²) in [5.74, 6) is 0. The van der Waals surface area contributed by atoms with Crippen molar-refractivity contribution in [1.29, 1.82) is 0 Å². The molecular formula is C8H19NO3. The van der Waals surface area contributed by atoms with Crippen molar-refractivity contribution in [1.82, 2.24) is 5.32 Å². The Morgan fingerprint density at radius 3 is 2.75 bits per heavy atom. The molecule has 4 heteroatoms. The predicted octanol–water partition coefficient (Wildman–Crippen LogP) is -0.644. The molecule has 0 rings (SSSR count). The molecular weight excluding hydrogens is 158 g/mol. The van der Waals surface area contributed by atoms with Crippen molar-refractivity contribution in [3.63, 3.8) is 0 Å². The topological polar surface area (TPSA) is 61.7 Å². The number of ether oxygens (including phenoxy) is 1. The van der Waals surface area contributed by atoms with Gasteiger partial charge in [0.05, 0.1) is 12.7 Å². The van der Waals surface area contributed by atoms with Crippen LogP contribution in [0.3, 0.4) is 0 Å². The molecule has 0 saturated heterocycles. The largest absolute Gasteiger partial charge is 0.396 e. The molecule has 0 aliphatic rings. The zero-order valence-corrected chi connectivity index (χ0v) is 7.62. The van der Waals surface area contributed by atoms with Crippen molar-refractivity contribution >= 4 is 0 Å². The summed E-state index contributed by atoms with van der Waals surface area (Å²) < 4.78 is 4.76. The lowest BCUT2D eigenvalue weighted by atomic mass is 10.2. The molecule has 0 radical (unpaired) electrons. The summed E-state index contributed by atoms with van der Waals surface area (Å²) >= 11 is 0. The fourth-order valence-corrected chi connectivity index (χ4v) is 0.873. The van der Waals surface area contributed by atoms with Crippen LogP contribution in [-0.4, -0.2) is 49.7 Å². The molecule has 0 aromatic carbocycles. The number of nitrogens with one attached hydrogen (secondary N) is 1. The van der Waals surface area contributed by atoms with Crippen LogP contribution in [0.4, 0.5) is 0 Å². The predicted molar refractivity (Wildman–Crippen MR) is 47.1 cm³/mol. The number of aliphatic hydroxyl groups is 2. The van der Waals surface area contributed by atoms with Gasteiger partial charge in [-0.05, 0) is 25.9 Å². The first kappa shape index (κ1) is 11.8. The third-order valence-corrected chi connectivity index (χ3v) is 1.53. The Morgan fingerprint density at radius 2 is 2.17 bits per heavy atom. The van der Waals surface area contributed by atoms with Gasteiger partial charge in [0.2, 0.25) is 0 Å². The standard InChI is InChI=1S/C8H19NO3/c1-12-7-8(11)3-5-9-4-2-6-10/h8-11H,2-7H2,1H3. The minimum atomic E-state index is -0.378. The Labute approximate surface area is 73.5 Å². The molecule has 74 valence electrons. The van der Waals surface area contributed by atoms with Gasteiger partial charge in [0.25, 0.3) is 0 Å². The van der Waals surface area contributed by atoms with Gasteiger partial charge in [-0.1, -0.05) is 0 Å². The zero-order chi connectivity index (χ0) is 9.23. The molecule has 1 atom stereocenters. The van der Waals surface area contributed by atoms with E-state index < -0.39 is 0 Å². The van der Waals surface area contributed by atoms with E-state index >= 15 is 0 Å². The van der Waals surface area contributed by atoms with Crippen molar-refractivity contribution in [2.45, 2.75) is 18.9 Å². The van der Waals surface area contributed by atoms with Crippen molar-refractivity contribution in [3.8, 4) is 0 Å². The van der Waals surface area contributed by atoms with Gasteiger partial charge in [-0.15, -0.1) is 0 Å². The molecule has 12 heavy (non-hydrogen) atoms. The van der Waals surface area contributed by atoms with Crippen LogP contribution in [-0.2, 0) is 4.74 Å². The van der Waals surface area contributed by atoms with Gasteiger partial charge in [-0.3, -0.25) is 0 Å². The lowest BCUT2D eigenvalue weighted by Crippen LogP contribution is -2.24. The van der Waals surface area contributed by atoms with Crippen LogP contribution in [0, 0.1) is 0 Å². The van der Waals surface area contributed by atoms with Crippen LogP contribution in [0.15, 0.2) is 0 Å². The SMILES string of the molecule is COCC(O)CCNCCCO. The summed E-state index contributed by atoms with van der Waals surface area (Å²) in [4.78, 5) is 0. The first-order chi connectivity index (χ1) is 5.81. The summed E-state index contributed by atoms with van der Waals surface area (Å²) in [6.07, 6.45) is 1.08. The molecule has 0 fully saturated rings. The molecule has 4 nitrogen and oxygen atoms in total. The molecule has 0 aromatic rings. The Bertz CT molecular complexity index is 90.4. The van der Waals surface area contributed by atoms with E-state index in [0.717, 1.165) is 19.5 Å². The van der Waals surface area contributed by atoms with E-state index in [4.69, 9.17) is 9.84 Å². The van der Waals surface area contributed by atoms with Crippen molar-refractivity contribution in [3.05, 3.63) is 0 Å². The normalized spacial score (nSPS) is 13.2. The first-order valence-electron chi connectivity index (χ1n) is 4.29. The Morgan fingerprint density at radius 1 is 1.42 bits per heavy atom. The Hall–Kier alpha value is -0.160. The van der Waals surface area contributed by atoms with Gasteiger partial charge in [0.1, 0.15) is 0 Å². The maximum atomic E-state index is 9.19. The monoisotopic (exact) mass is 177 g/mol. The molecule has 0 spiro atoms. The van der Waals surface area contributed by atoms with Gasteiger partial charge in [0.15, 0.2) is 0 Å². The number of hydrogen-bond acceptors (Lipinski definition) is 4.